The lowest BCUT2D eigenvalue weighted by atomic mass is 10.0. The van der Waals surface area contributed by atoms with E-state index in [-0.39, 0.29) is 0 Å². The van der Waals surface area contributed by atoms with Crippen molar-refractivity contribution in [3.8, 4) is 28.4 Å². The monoisotopic (exact) mass is 388 g/mol. The van der Waals surface area contributed by atoms with Crippen molar-refractivity contribution in [1.82, 2.24) is 0 Å². The van der Waals surface area contributed by atoms with Crippen molar-refractivity contribution in [3.63, 3.8) is 0 Å². The molecule has 1 heterocycles. The Kier molecular flexibility index (Phi) is 5.20. The van der Waals surface area contributed by atoms with Gasteiger partial charge in [-0.1, -0.05) is 30.3 Å². The summed E-state index contributed by atoms with van der Waals surface area (Å²) in [4.78, 5) is 12.1. The van der Waals surface area contributed by atoms with E-state index in [0.29, 0.717) is 17.9 Å². The lowest BCUT2D eigenvalue weighted by Gasteiger charge is -2.11. The molecule has 0 aliphatic rings. The van der Waals surface area contributed by atoms with Gasteiger partial charge in [-0.05, 0) is 41.5 Å². The van der Waals surface area contributed by atoms with Crippen LogP contribution >= 0.6 is 0 Å². The number of hydrogen-bond acceptors (Lipinski definition) is 5. The van der Waals surface area contributed by atoms with E-state index in [0.717, 1.165) is 33.6 Å². The molecule has 0 amide bonds. The van der Waals surface area contributed by atoms with E-state index >= 15 is 0 Å². The molecular weight excluding hydrogens is 368 g/mol. The van der Waals surface area contributed by atoms with Crippen LogP contribution in [-0.2, 0) is 6.61 Å². The fraction of sp³-hybridized carbons (Fsp3) is 0.125. The first kappa shape index (κ1) is 18.6. The molecule has 4 rings (SSSR count). The van der Waals surface area contributed by atoms with E-state index < -0.39 is 5.63 Å². The zero-order chi connectivity index (χ0) is 20.2. The van der Waals surface area contributed by atoms with Crippen LogP contribution in [0.4, 0.5) is 0 Å². The zero-order valence-electron chi connectivity index (χ0n) is 16.2. The van der Waals surface area contributed by atoms with Gasteiger partial charge in [-0.2, -0.15) is 0 Å². The van der Waals surface area contributed by atoms with Crippen LogP contribution in [0.25, 0.3) is 22.1 Å². The molecular formula is C24H20O5. The second kappa shape index (κ2) is 8.10. The lowest BCUT2D eigenvalue weighted by Crippen LogP contribution is -2.00. The van der Waals surface area contributed by atoms with Crippen LogP contribution in [-0.4, -0.2) is 14.2 Å². The smallest absolute Gasteiger partial charge is 0.336 e. The minimum atomic E-state index is -0.412. The Morgan fingerprint density at radius 2 is 1.59 bits per heavy atom. The fourth-order valence-corrected chi connectivity index (χ4v) is 3.23. The molecule has 0 atom stereocenters. The van der Waals surface area contributed by atoms with Crippen LogP contribution in [0.3, 0.4) is 0 Å². The third-order valence-electron chi connectivity index (χ3n) is 4.70. The number of para-hydroxylation sites is 1. The normalized spacial score (nSPS) is 10.7. The average molecular weight is 388 g/mol. The van der Waals surface area contributed by atoms with Gasteiger partial charge in [0, 0.05) is 23.1 Å². The van der Waals surface area contributed by atoms with E-state index in [1.165, 1.54) is 6.07 Å². The van der Waals surface area contributed by atoms with Crippen LogP contribution in [0, 0.1) is 0 Å². The Morgan fingerprint density at radius 1 is 0.828 bits per heavy atom. The lowest BCUT2D eigenvalue weighted by molar-refractivity contribution is 0.296. The molecule has 0 spiro atoms. The van der Waals surface area contributed by atoms with E-state index in [4.69, 9.17) is 18.6 Å². The van der Waals surface area contributed by atoms with Crippen molar-refractivity contribution >= 4 is 11.0 Å². The summed E-state index contributed by atoms with van der Waals surface area (Å²) < 4.78 is 21.9. The summed E-state index contributed by atoms with van der Waals surface area (Å²) >= 11 is 0. The molecule has 3 aromatic carbocycles. The Morgan fingerprint density at radius 3 is 2.34 bits per heavy atom. The first-order chi connectivity index (χ1) is 14.2. The van der Waals surface area contributed by atoms with Crippen molar-refractivity contribution in [3.05, 3.63) is 88.8 Å². The molecule has 29 heavy (non-hydrogen) atoms. The van der Waals surface area contributed by atoms with Gasteiger partial charge in [0.05, 0.1) is 14.2 Å². The minimum Gasteiger partial charge on any atom is -0.497 e. The molecule has 146 valence electrons. The van der Waals surface area contributed by atoms with Gasteiger partial charge in [-0.15, -0.1) is 0 Å². The Hall–Kier alpha value is -3.73. The zero-order valence-corrected chi connectivity index (χ0v) is 16.2. The number of benzene rings is 3. The molecule has 0 aliphatic carbocycles. The standard InChI is InChI=1S/C24H20O5/c1-26-18-9-7-16(8-10-18)21-14-24(25)29-23-13-19(11-12-20(21)23)28-15-17-5-3-4-6-22(17)27-2/h3-14H,15H2,1-2H3. The molecule has 5 heteroatoms. The first-order valence-corrected chi connectivity index (χ1v) is 9.15. The molecule has 0 fully saturated rings. The van der Waals surface area contributed by atoms with Crippen LogP contribution in [0.2, 0.25) is 0 Å². The van der Waals surface area contributed by atoms with Crippen LogP contribution in [0.15, 0.2) is 82.0 Å². The molecule has 0 saturated heterocycles. The number of fused-ring (bicyclic) bond motifs is 1. The maximum Gasteiger partial charge on any atom is 0.336 e. The quantitative estimate of drug-likeness (QED) is 0.432. The highest BCUT2D eigenvalue weighted by atomic mass is 16.5. The maximum absolute atomic E-state index is 12.1. The molecule has 5 nitrogen and oxygen atoms in total. The summed E-state index contributed by atoms with van der Waals surface area (Å²) in [6.45, 7) is 0.345. The van der Waals surface area contributed by atoms with Crippen molar-refractivity contribution in [2.45, 2.75) is 6.61 Å². The van der Waals surface area contributed by atoms with Gasteiger partial charge in [0.25, 0.3) is 0 Å². The van der Waals surface area contributed by atoms with Gasteiger partial charge in [-0.3, -0.25) is 0 Å². The predicted octanol–water partition coefficient (Wildman–Crippen LogP) is 5.06. The van der Waals surface area contributed by atoms with Gasteiger partial charge in [0.1, 0.15) is 29.4 Å². The molecule has 0 saturated carbocycles. The number of hydrogen-bond donors (Lipinski definition) is 0. The third-order valence-corrected chi connectivity index (χ3v) is 4.70. The average Bonchev–Trinajstić information content (AvgIpc) is 2.77. The Labute approximate surface area is 168 Å². The Bertz CT molecular complexity index is 1190. The molecule has 0 N–H and O–H groups in total. The van der Waals surface area contributed by atoms with Crippen molar-refractivity contribution in [2.75, 3.05) is 14.2 Å². The number of ether oxygens (including phenoxy) is 3. The van der Waals surface area contributed by atoms with Gasteiger partial charge >= 0.3 is 5.63 Å². The second-order valence-electron chi connectivity index (χ2n) is 6.47. The summed E-state index contributed by atoms with van der Waals surface area (Å²) in [7, 11) is 3.25. The van der Waals surface area contributed by atoms with Gasteiger partial charge < -0.3 is 18.6 Å². The van der Waals surface area contributed by atoms with Crippen LogP contribution in [0.1, 0.15) is 5.56 Å². The van der Waals surface area contributed by atoms with E-state index in [2.05, 4.69) is 0 Å². The highest BCUT2D eigenvalue weighted by molar-refractivity contribution is 5.93. The van der Waals surface area contributed by atoms with E-state index in [9.17, 15) is 4.79 Å². The maximum atomic E-state index is 12.1. The third kappa shape index (κ3) is 3.94. The van der Waals surface area contributed by atoms with Gasteiger partial charge in [-0.25, -0.2) is 4.79 Å². The van der Waals surface area contributed by atoms with E-state index in [1.54, 1.807) is 20.3 Å². The molecule has 0 aliphatic heterocycles. The van der Waals surface area contributed by atoms with Crippen LogP contribution < -0.4 is 19.8 Å². The largest absolute Gasteiger partial charge is 0.497 e. The van der Waals surface area contributed by atoms with Crippen molar-refractivity contribution < 1.29 is 18.6 Å². The minimum absolute atomic E-state index is 0.345. The summed E-state index contributed by atoms with van der Waals surface area (Å²) in [5, 5.41) is 0.833. The number of rotatable bonds is 6. The molecule has 0 unspecified atom stereocenters. The van der Waals surface area contributed by atoms with Gasteiger partial charge in [0.15, 0.2) is 0 Å². The molecule has 1 aromatic heterocycles. The summed E-state index contributed by atoms with van der Waals surface area (Å²) in [5.41, 5.74) is 2.70. The van der Waals surface area contributed by atoms with Crippen molar-refractivity contribution in [1.29, 1.82) is 0 Å². The fourth-order valence-electron chi connectivity index (χ4n) is 3.23. The van der Waals surface area contributed by atoms with Gasteiger partial charge in [0.2, 0.25) is 0 Å². The Balaban J connectivity index is 1.66. The van der Waals surface area contributed by atoms with Crippen molar-refractivity contribution in [2.24, 2.45) is 0 Å². The van der Waals surface area contributed by atoms with E-state index in [1.807, 2.05) is 60.7 Å². The van der Waals surface area contributed by atoms with Crippen LogP contribution in [0.5, 0.6) is 17.2 Å². The molecule has 0 bridgehead atoms. The summed E-state index contributed by atoms with van der Waals surface area (Å²) in [5.74, 6) is 2.13. The SMILES string of the molecule is COc1ccc(-c2cc(=O)oc3cc(OCc4ccccc4OC)ccc23)cc1. The number of methoxy groups -OCH3 is 2. The molecule has 0 radical (unpaired) electrons. The highest BCUT2D eigenvalue weighted by Crippen LogP contribution is 2.31. The summed E-state index contributed by atoms with van der Waals surface area (Å²) in [6.07, 6.45) is 0. The predicted molar refractivity (Wildman–Crippen MR) is 112 cm³/mol. The molecule has 4 aromatic rings. The second-order valence-corrected chi connectivity index (χ2v) is 6.47. The topological polar surface area (TPSA) is 57.9 Å². The highest BCUT2D eigenvalue weighted by Gasteiger charge is 2.10. The summed E-state index contributed by atoms with van der Waals surface area (Å²) in [6, 6.07) is 22.2. The first-order valence-electron chi connectivity index (χ1n) is 9.15.